The van der Waals surface area contributed by atoms with Gasteiger partial charge in [-0.2, -0.15) is 0 Å². The lowest BCUT2D eigenvalue weighted by atomic mass is 10.1. The fourth-order valence-corrected chi connectivity index (χ4v) is 1.62. The van der Waals surface area contributed by atoms with Crippen molar-refractivity contribution in [3.63, 3.8) is 0 Å². The topological polar surface area (TPSA) is 9.23 Å². The van der Waals surface area contributed by atoms with Crippen molar-refractivity contribution in [1.82, 2.24) is 0 Å². The molecule has 0 spiro atoms. The quantitative estimate of drug-likeness (QED) is 0.657. The molecule has 1 aliphatic heterocycles. The van der Waals surface area contributed by atoms with Crippen LogP contribution >= 0.6 is 15.9 Å². The zero-order chi connectivity index (χ0) is 8.27. The molecule has 1 fully saturated rings. The molecule has 0 aromatic heterocycles. The van der Waals surface area contributed by atoms with Gasteiger partial charge >= 0.3 is 0 Å². The lowest BCUT2D eigenvalue weighted by Gasteiger charge is -2.23. The van der Waals surface area contributed by atoms with Crippen LogP contribution in [0.4, 0.5) is 0 Å². The van der Waals surface area contributed by atoms with Crippen molar-refractivity contribution in [3.8, 4) is 0 Å². The van der Waals surface area contributed by atoms with Gasteiger partial charge in [-0.3, -0.25) is 0 Å². The molecule has 1 saturated heterocycles. The Balaban J connectivity index is 2.52. The first-order valence-electron chi connectivity index (χ1n) is 4.16. The smallest absolute Gasteiger partial charge is 0.0888 e. The van der Waals surface area contributed by atoms with Crippen LogP contribution in [0.5, 0.6) is 0 Å². The highest BCUT2D eigenvalue weighted by molar-refractivity contribution is 9.11. The van der Waals surface area contributed by atoms with E-state index in [-0.39, 0.29) is 0 Å². The van der Waals surface area contributed by atoms with Crippen molar-refractivity contribution in [3.05, 3.63) is 10.1 Å². The Hall–Kier alpha value is 0.180. The van der Waals surface area contributed by atoms with Crippen LogP contribution in [0.3, 0.4) is 0 Å². The number of ether oxygens (including phenoxy) is 1. The van der Waals surface area contributed by atoms with Crippen LogP contribution in [0.1, 0.15) is 33.1 Å². The number of allylic oxidation sites excluding steroid dienone is 1. The van der Waals surface area contributed by atoms with Crippen molar-refractivity contribution in [2.24, 2.45) is 0 Å². The Kier molecular flexibility index (Phi) is 3.60. The van der Waals surface area contributed by atoms with Gasteiger partial charge in [0.15, 0.2) is 0 Å². The number of rotatable bonds is 1. The molecule has 0 aliphatic carbocycles. The SMILES string of the molecule is CC(C)=C(Br)C1CCCCO1. The third kappa shape index (κ3) is 2.60. The van der Waals surface area contributed by atoms with Gasteiger partial charge in [-0.25, -0.2) is 0 Å². The molecular formula is C9H15BrO. The predicted molar refractivity (Wildman–Crippen MR) is 50.9 cm³/mol. The summed E-state index contributed by atoms with van der Waals surface area (Å²) < 4.78 is 6.84. The Morgan fingerprint density at radius 2 is 2.09 bits per heavy atom. The summed E-state index contributed by atoms with van der Waals surface area (Å²) in [5.74, 6) is 0. The summed E-state index contributed by atoms with van der Waals surface area (Å²) in [6.07, 6.45) is 4.03. The number of halogens is 1. The van der Waals surface area contributed by atoms with Gasteiger partial charge < -0.3 is 4.74 Å². The molecule has 2 heteroatoms. The van der Waals surface area contributed by atoms with Gasteiger partial charge in [-0.1, -0.05) is 21.5 Å². The molecule has 0 aromatic carbocycles. The molecule has 0 aromatic rings. The van der Waals surface area contributed by atoms with Crippen LogP contribution in [0, 0.1) is 0 Å². The van der Waals surface area contributed by atoms with Crippen molar-refractivity contribution in [2.75, 3.05) is 6.61 Å². The molecule has 1 rings (SSSR count). The molecular weight excluding hydrogens is 204 g/mol. The average molecular weight is 219 g/mol. The monoisotopic (exact) mass is 218 g/mol. The first-order chi connectivity index (χ1) is 5.22. The van der Waals surface area contributed by atoms with Gasteiger partial charge in [-0.05, 0) is 33.1 Å². The maximum absolute atomic E-state index is 5.60. The minimum Gasteiger partial charge on any atom is -0.373 e. The summed E-state index contributed by atoms with van der Waals surface area (Å²) in [7, 11) is 0. The second kappa shape index (κ2) is 4.27. The normalized spacial score (nSPS) is 24.8. The summed E-state index contributed by atoms with van der Waals surface area (Å²) in [5, 5.41) is 0. The van der Waals surface area contributed by atoms with Gasteiger partial charge in [0.05, 0.1) is 6.10 Å². The molecule has 11 heavy (non-hydrogen) atoms. The first kappa shape index (κ1) is 9.27. The zero-order valence-electron chi connectivity index (χ0n) is 7.19. The summed E-state index contributed by atoms with van der Waals surface area (Å²) in [5.41, 5.74) is 1.33. The first-order valence-corrected chi connectivity index (χ1v) is 4.95. The van der Waals surface area contributed by atoms with E-state index in [0.717, 1.165) is 6.61 Å². The molecule has 1 heterocycles. The minimum absolute atomic E-state index is 0.341. The Morgan fingerprint density at radius 3 is 2.55 bits per heavy atom. The number of hydrogen-bond acceptors (Lipinski definition) is 1. The highest BCUT2D eigenvalue weighted by Crippen LogP contribution is 2.26. The Labute approximate surface area is 76.9 Å². The van der Waals surface area contributed by atoms with E-state index in [1.54, 1.807) is 0 Å². The van der Waals surface area contributed by atoms with Crippen LogP contribution in [0.15, 0.2) is 10.1 Å². The van der Waals surface area contributed by atoms with Gasteiger partial charge in [0.1, 0.15) is 0 Å². The summed E-state index contributed by atoms with van der Waals surface area (Å²) in [6, 6.07) is 0. The molecule has 1 unspecified atom stereocenters. The fraction of sp³-hybridized carbons (Fsp3) is 0.778. The molecule has 0 amide bonds. The van der Waals surface area contributed by atoms with Crippen LogP contribution < -0.4 is 0 Å². The van der Waals surface area contributed by atoms with Gasteiger partial charge in [0.2, 0.25) is 0 Å². The minimum atomic E-state index is 0.341. The Bertz CT molecular complexity index is 153. The van der Waals surface area contributed by atoms with E-state index >= 15 is 0 Å². The van der Waals surface area contributed by atoms with Gasteiger partial charge in [-0.15, -0.1) is 0 Å². The lowest BCUT2D eigenvalue weighted by molar-refractivity contribution is 0.0443. The molecule has 1 nitrogen and oxygen atoms in total. The largest absolute Gasteiger partial charge is 0.373 e. The third-order valence-corrected chi connectivity index (χ3v) is 3.24. The second-order valence-corrected chi connectivity index (χ2v) is 4.06. The summed E-state index contributed by atoms with van der Waals surface area (Å²) in [4.78, 5) is 0. The van der Waals surface area contributed by atoms with E-state index in [4.69, 9.17) is 4.74 Å². The fourth-order valence-electron chi connectivity index (χ4n) is 1.26. The standard InChI is InChI=1S/C9H15BrO/c1-7(2)9(10)8-5-3-4-6-11-8/h8H,3-6H2,1-2H3. The van der Waals surface area contributed by atoms with Crippen molar-refractivity contribution >= 4 is 15.9 Å². The molecule has 1 atom stereocenters. The maximum atomic E-state index is 5.60. The van der Waals surface area contributed by atoms with Crippen molar-refractivity contribution < 1.29 is 4.74 Å². The van der Waals surface area contributed by atoms with E-state index in [2.05, 4.69) is 29.8 Å². The van der Waals surface area contributed by atoms with Crippen LogP contribution in [0.2, 0.25) is 0 Å². The molecule has 1 aliphatic rings. The molecule has 0 saturated carbocycles. The molecule has 0 radical (unpaired) electrons. The predicted octanol–water partition coefficient (Wildman–Crippen LogP) is 3.24. The van der Waals surface area contributed by atoms with Crippen LogP contribution in [-0.4, -0.2) is 12.7 Å². The zero-order valence-corrected chi connectivity index (χ0v) is 8.78. The molecule has 0 bridgehead atoms. The van der Waals surface area contributed by atoms with E-state index in [1.807, 2.05) is 0 Å². The number of hydrogen-bond donors (Lipinski definition) is 0. The molecule has 0 N–H and O–H groups in total. The summed E-state index contributed by atoms with van der Waals surface area (Å²) >= 11 is 3.56. The average Bonchev–Trinajstić information content (AvgIpc) is 2.05. The van der Waals surface area contributed by atoms with Crippen molar-refractivity contribution in [2.45, 2.75) is 39.2 Å². The van der Waals surface area contributed by atoms with E-state index in [9.17, 15) is 0 Å². The lowest BCUT2D eigenvalue weighted by Crippen LogP contribution is -2.19. The van der Waals surface area contributed by atoms with Crippen LogP contribution in [-0.2, 0) is 4.74 Å². The Morgan fingerprint density at radius 1 is 1.36 bits per heavy atom. The van der Waals surface area contributed by atoms with Gasteiger partial charge in [0.25, 0.3) is 0 Å². The third-order valence-electron chi connectivity index (χ3n) is 1.94. The van der Waals surface area contributed by atoms with E-state index in [1.165, 1.54) is 29.3 Å². The highest BCUT2D eigenvalue weighted by Gasteiger charge is 2.16. The van der Waals surface area contributed by atoms with Crippen molar-refractivity contribution in [1.29, 1.82) is 0 Å². The highest BCUT2D eigenvalue weighted by atomic mass is 79.9. The van der Waals surface area contributed by atoms with Crippen LogP contribution in [0.25, 0.3) is 0 Å². The summed E-state index contributed by atoms with van der Waals surface area (Å²) in [6.45, 7) is 5.15. The molecule has 64 valence electrons. The maximum Gasteiger partial charge on any atom is 0.0888 e. The van der Waals surface area contributed by atoms with E-state index < -0.39 is 0 Å². The van der Waals surface area contributed by atoms with E-state index in [0.29, 0.717) is 6.10 Å². The van der Waals surface area contributed by atoms with Gasteiger partial charge in [0, 0.05) is 11.1 Å². The second-order valence-electron chi connectivity index (χ2n) is 3.20.